The topological polar surface area (TPSA) is 102 Å². The van der Waals surface area contributed by atoms with E-state index in [0.29, 0.717) is 30.0 Å². The van der Waals surface area contributed by atoms with Crippen LogP contribution in [0, 0.1) is 0 Å². The molecule has 6 rings (SSSR count). The van der Waals surface area contributed by atoms with E-state index in [1.54, 1.807) is 23.1 Å². The minimum Gasteiger partial charge on any atom is -0.449 e. The predicted octanol–water partition coefficient (Wildman–Crippen LogP) is 5.37. The molecule has 0 saturated heterocycles. The summed E-state index contributed by atoms with van der Waals surface area (Å²) in [6, 6.07) is 30.5. The lowest BCUT2D eigenvalue weighted by atomic mass is 9.98. The Balaban J connectivity index is 1.19. The fraction of sp³-hybridized carbons (Fsp3) is 0.182. The SMILES string of the molecule is NC(=O)c1ccc2c(c1)N(CCc1ccccc1)C(=O)[C@@H](NC(=O)OCC1c3ccccc3-c3ccccc31)CS2. The summed E-state index contributed by atoms with van der Waals surface area (Å²) in [5, 5.41) is 2.82. The Kier molecular flexibility index (Phi) is 7.48. The highest BCUT2D eigenvalue weighted by molar-refractivity contribution is 7.99. The zero-order valence-corrected chi connectivity index (χ0v) is 23.1. The van der Waals surface area contributed by atoms with Crippen LogP contribution in [0.25, 0.3) is 11.1 Å². The van der Waals surface area contributed by atoms with E-state index in [9.17, 15) is 14.4 Å². The second kappa shape index (κ2) is 11.5. The normalized spacial score (nSPS) is 15.9. The molecule has 0 radical (unpaired) electrons. The molecule has 41 heavy (non-hydrogen) atoms. The van der Waals surface area contributed by atoms with Gasteiger partial charge in [0.1, 0.15) is 12.6 Å². The van der Waals surface area contributed by atoms with Gasteiger partial charge in [-0.1, -0.05) is 78.9 Å². The molecule has 0 fully saturated rings. The van der Waals surface area contributed by atoms with E-state index in [1.165, 1.54) is 11.8 Å². The Morgan fingerprint density at radius 2 is 1.56 bits per heavy atom. The number of primary amides is 1. The number of anilines is 1. The fourth-order valence-electron chi connectivity index (χ4n) is 5.56. The molecule has 3 N–H and O–H groups in total. The Morgan fingerprint density at radius 3 is 2.24 bits per heavy atom. The number of nitrogens with two attached hydrogens (primary N) is 1. The van der Waals surface area contributed by atoms with Gasteiger partial charge in [-0.15, -0.1) is 11.8 Å². The Bertz CT molecular complexity index is 1580. The van der Waals surface area contributed by atoms with Gasteiger partial charge in [-0.05, 0) is 52.4 Å². The molecule has 0 unspecified atom stereocenters. The molecule has 4 aromatic carbocycles. The van der Waals surface area contributed by atoms with Crippen LogP contribution in [-0.2, 0) is 16.0 Å². The first-order valence-corrected chi connectivity index (χ1v) is 14.5. The number of hydrogen-bond donors (Lipinski definition) is 2. The largest absolute Gasteiger partial charge is 0.449 e. The summed E-state index contributed by atoms with van der Waals surface area (Å²) in [5.74, 6) is -0.576. The van der Waals surface area contributed by atoms with Crippen molar-refractivity contribution in [2.75, 3.05) is 23.8 Å². The van der Waals surface area contributed by atoms with Crippen LogP contribution in [0.2, 0.25) is 0 Å². The summed E-state index contributed by atoms with van der Waals surface area (Å²) in [5.41, 5.74) is 12.1. The van der Waals surface area contributed by atoms with Crippen molar-refractivity contribution in [2.24, 2.45) is 5.73 Å². The second-order valence-electron chi connectivity index (χ2n) is 10.1. The number of hydrogen-bond acceptors (Lipinski definition) is 5. The van der Waals surface area contributed by atoms with Crippen LogP contribution in [0.1, 0.15) is 33.0 Å². The van der Waals surface area contributed by atoms with Crippen molar-refractivity contribution in [3.63, 3.8) is 0 Å². The molecular weight excluding hydrogens is 534 g/mol. The lowest BCUT2D eigenvalue weighted by molar-refractivity contribution is -0.120. The van der Waals surface area contributed by atoms with Crippen molar-refractivity contribution in [2.45, 2.75) is 23.3 Å². The molecule has 0 saturated carbocycles. The van der Waals surface area contributed by atoms with Gasteiger partial charge in [0.05, 0.1) is 5.69 Å². The maximum atomic E-state index is 13.9. The van der Waals surface area contributed by atoms with Gasteiger partial charge in [-0.2, -0.15) is 0 Å². The van der Waals surface area contributed by atoms with E-state index in [4.69, 9.17) is 10.5 Å². The maximum Gasteiger partial charge on any atom is 0.407 e. The van der Waals surface area contributed by atoms with E-state index >= 15 is 0 Å². The number of ether oxygens (including phenoxy) is 1. The van der Waals surface area contributed by atoms with Gasteiger partial charge in [0, 0.05) is 28.7 Å². The third-order valence-electron chi connectivity index (χ3n) is 7.61. The number of thioether (sulfide) groups is 1. The Labute approximate surface area is 242 Å². The van der Waals surface area contributed by atoms with Gasteiger partial charge < -0.3 is 20.7 Å². The molecule has 1 atom stereocenters. The summed E-state index contributed by atoms with van der Waals surface area (Å²) in [6.07, 6.45) is -0.0348. The monoisotopic (exact) mass is 563 g/mol. The molecule has 8 heteroatoms. The third-order valence-corrected chi connectivity index (χ3v) is 8.76. The third kappa shape index (κ3) is 5.43. The zero-order chi connectivity index (χ0) is 28.3. The Hall–Kier alpha value is -4.56. The number of carbonyl (C=O) groups excluding carboxylic acids is 3. The van der Waals surface area contributed by atoms with Crippen molar-refractivity contribution in [3.05, 3.63) is 119 Å². The van der Waals surface area contributed by atoms with Gasteiger partial charge in [0.2, 0.25) is 5.91 Å². The van der Waals surface area contributed by atoms with Crippen LogP contribution in [0.5, 0.6) is 0 Å². The average molecular weight is 564 g/mol. The van der Waals surface area contributed by atoms with Crippen molar-refractivity contribution >= 4 is 35.4 Å². The number of nitrogens with zero attached hydrogens (tertiary/aromatic N) is 1. The standard InChI is InChI=1S/C33H29N3O4S/c34-31(37)22-14-15-30-29(18-22)36(17-16-21-8-2-1-3-9-21)32(38)28(20-41-30)35-33(39)40-19-27-25-12-6-4-10-23(25)24-11-5-7-13-26(24)27/h1-15,18,27-28H,16-17,19-20H2,(H2,34,37)(H,35,39)/t28-/m0/s1. The lowest BCUT2D eigenvalue weighted by Crippen LogP contribution is -2.50. The number of carbonyl (C=O) groups is 3. The van der Waals surface area contributed by atoms with E-state index in [1.807, 2.05) is 54.6 Å². The summed E-state index contributed by atoms with van der Waals surface area (Å²) < 4.78 is 5.73. The fourth-order valence-corrected chi connectivity index (χ4v) is 6.61. The number of benzene rings is 4. The van der Waals surface area contributed by atoms with E-state index in [2.05, 4.69) is 29.6 Å². The number of alkyl carbamates (subject to hydrolysis) is 1. The molecule has 1 aliphatic carbocycles. The highest BCUT2D eigenvalue weighted by Gasteiger charge is 2.34. The van der Waals surface area contributed by atoms with Gasteiger partial charge in [-0.3, -0.25) is 9.59 Å². The van der Waals surface area contributed by atoms with E-state index < -0.39 is 18.0 Å². The van der Waals surface area contributed by atoms with Gasteiger partial charge >= 0.3 is 6.09 Å². The number of nitrogens with one attached hydrogen (secondary N) is 1. The molecule has 0 bridgehead atoms. The van der Waals surface area contributed by atoms with Gasteiger partial charge in [0.25, 0.3) is 5.91 Å². The second-order valence-corrected chi connectivity index (χ2v) is 11.2. The molecule has 0 spiro atoms. The molecule has 7 nitrogen and oxygen atoms in total. The average Bonchev–Trinajstić information content (AvgIpc) is 3.25. The molecule has 4 aromatic rings. The molecule has 3 amide bonds. The van der Waals surface area contributed by atoms with Crippen LogP contribution >= 0.6 is 11.8 Å². The number of amides is 3. The highest BCUT2D eigenvalue weighted by Crippen LogP contribution is 2.44. The van der Waals surface area contributed by atoms with Crippen molar-refractivity contribution in [3.8, 4) is 11.1 Å². The van der Waals surface area contributed by atoms with E-state index in [0.717, 1.165) is 32.7 Å². The number of rotatable bonds is 7. The highest BCUT2D eigenvalue weighted by atomic mass is 32.2. The smallest absolute Gasteiger partial charge is 0.407 e. The molecule has 0 aromatic heterocycles. The summed E-state index contributed by atoms with van der Waals surface area (Å²) >= 11 is 1.45. The first-order chi connectivity index (χ1) is 20.0. The number of fused-ring (bicyclic) bond motifs is 4. The molecular formula is C33H29N3O4S. The van der Waals surface area contributed by atoms with Crippen molar-refractivity contribution in [1.82, 2.24) is 5.32 Å². The summed E-state index contributed by atoms with van der Waals surface area (Å²) in [7, 11) is 0. The van der Waals surface area contributed by atoms with Crippen LogP contribution < -0.4 is 16.0 Å². The maximum absolute atomic E-state index is 13.9. The van der Waals surface area contributed by atoms with Crippen LogP contribution in [-0.4, -0.2) is 42.9 Å². The van der Waals surface area contributed by atoms with Gasteiger partial charge in [-0.25, -0.2) is 4.79 Å². The van der Waals surface area contributed by atoms with Crippen LogP contribution in [0.3, 0.4) is 0 Å². The summed E-state index contributed by atoms with van der Waals surface area (Å²) in [6.45, 7) is 0.537. The minimum atomic E-state index is -0.809. The first-order valence-electron chi connectivity index (χ1n) is 13.5. The predicted molar refractivity (Wildman–Crippen MR) is 160 cm³/mol. The molecule has 206 valence electrons. The zero-order valence-electron chi connectivity index (χ0n) is 22.3. The van der Waals surface area contributed by atoms with Crippen LogP contribution in [0.4, 0.5) is 10.5 Å². The summed E-state index contributed by atoms with van der Waals surface area (Å²) in [4.78, 5) is 41.3. The molecule has 1 heterocycles. The van der Waals surface area contributed by atoms with E-state index in [-0.39, 0.29) is 18.4 Å². The lowest BCUT2D eigenvalue weighted by Gasteiger charge is -2.26. The Morgan fingerprint density at radius 1 is 0.902 bits per heavy atom. The van der Waals surface area contributed by atoms with Gasteiger partial charge in [0.15, 0.2) is 0 Å². The van der Waals surface area contributed by atoms with Crippen LogP contribution in [0.15, 0.2) is 102 Å². The molecule has 2 aliphatic rings. The quantitative estimate of drug-likeness (QED) is 0.315. The molecule has 1 aliphatic heterocycles. The first kappa shape index (κ1) is 26.7. The van der Waals surface area contributed by atoms with Crippen molar-refractivity contribution in [1.29, 1.82) is 0 Å². The van der Waals surface area contributed by atoms with Crippen molar-refractivity contribution < 1.29 is 19.1 Å². The minimum absolute atomic E-state index is 0.0776.